The number of amidine groups is 1. The van der Waals surface area contributed by atoms with Gasteiger partial charge >= 0.3 is 0 Å². The van der Waals surface area contributed by atoms with E-state index in [1.54, 1.807) is 19.2 Å². The highest BCUT2D eigenvalue weighted by molar-refractivity contribution is 5.97. The summed E-state index contributed by atoms with van der Waals surface area (Å²) in [5, 5.41) is 11.3. The summed E-state index contributed by atoms with van der Waals surface area (Å²) < 4.78 is 5.18. The fourth-order valence-corrected chi connectivity index (χ4v) is 1.63. The number of methoxy groups -OCH3 is 1. The molecule has 0 saturated carbocycles. The van der Waals surface area contributed by atoms with Gasteiger partial charge in [0.2, 0.25) is 0 Å². The first-order valence-electron chi connectivity index (χ1n) is 5.86. The summed E-state index contributed by atoms with van der Waals surface area (Å²) >= 11 is 0. The SMILES string of the molecule is COc1ccc(C)cc1C(=O)N(C)CCC(N)=NO. The molecule has 3 N–H and O–H groups in total. The number of benzene rings is 1. The number of carbonyl (C=O) groups is 1. The van der Waals surface area contributed by atoms with Gasteiger partial charge in [-0.3, -0.25) is 4.79 Å². The van der Waals surface area contributed by atoms with Gasteiger partial charge in [-0.05, 0) is 19.1 Å². The Kier molecular flexibility index (Phi) is 5.17. The minimum absolute atomic E-state index is 0.0934. The molecule has 104 valence electrons. The van der Waals surface area contributed by atoms with Crippen molar-refractivity contribution in [2.45, 2.75) is 13.3 Å². The number of hydrogen-bond donors (Lipinski definition) is 2. The maximum atomic E-state index is 12.3. The van der Waals surface area contributed by atoms with Crippen LogP contribution in [0.4, 0.5) is 0 Å². The van der Waals surface area contributed by atoms with Crippen LogP contribution in [-0.2, 0) is 0 Å². The molecule has 1 aromatic carbocycles. The van der Waals surface area contributed by atoms with E-state index in [2.05, 4.69) is 5.16 Å². The summed E-state index contributed by atoms with van der Waals surface area (Å²) in [6.07, 6.45) is 0.312. The lowest BCUT2D eigenvalue weighted by Crippen LogP contribution is -2.30. The number of ether oxygens (including phenoxy) is 1. The molecule has 0 unspecified atom stereocenters. The Balaban J connectivity index is 2.84. The van der Waals surface area contributed by atoms with Crippen LogP contribution < -0.4 is 10.5 Å². The van der Waals surface area contributed by atoms with Crippen molar-refractivity contribution < 1.29 is 14.7 Å². The molecule has 0 aliphatic rings. The lowest BCUT2D eigenvalue weighted by molar-refractivity contribution is 0.0795. The molecule has 6 heteroatoms. The van der Waals surface area contributed by atoms with Gasteiger partial charge in [0.05, 0.1) is 12.7 Å². The van der Waals surface area contributed by atoms with E-state index in [1.807, 2.05) is 13.0 Å². The van der Waals surface area contributed by atoms with Gasteiger partial charge < -0.3 is 20.6 Å². The summed E-state index contributed by atoms with van der Waals surface area (Å²) in [6.45, 7) is 2.28. The molecule has 0 saturated heterocycles. The van der Waals surface area contributed by atoms with Crippen molar-refractivity contribution in [1.29, 1.82) is 0 Å². The minimum atomic E-state index is -0.161. The smallest absolute Gasteiger partial charge is 0.257 e. The zero-order valence-corrected chi connectivity index (χ0v) is 11.4. The molecular formula is C13H19N3O3. The number of nitrogens with two attached hydrogens (primary N) is 1. The van der Waals surface area contributed by atoms with E-state index >= 15 is 0 Å². The predicted octanol–water partition coefficient (Wildman–Crippen LogP) is 1.21. The number of oxime groups is 1. The highest BCUT2D eigenvalue weighted by Crippen LogP contribution is 2.21. The van der Waals surface area contributed by atoms with Crippen LogP contribution in [-0.4, -0.2) is 42.6 Å². The van der Waals surface area contributed by atoms with E-state index in [9.17, 15) is 4.79 Å². The predicted molar refractivity (Wildman–Crippen MR) is 72.7 cm³/mol. The van der Waals surface area contributed by atoms with Crippen molar-refractivity contribution in [1.82, 2.24) is 4.90 Å². The molecule has 0 radical (unpaired) electrons. The third-order valence-electron chi connectivity index (χ3n) is 2.76. The Bertz CT molecular complexity index is 486. The summed E-state index contributed by atoms with van der Waals surface area (Å²) in [5.41, 5.74) is 6.86. The lowest BCUT2D eigenvalue weighted by atomic mass is 10.1. The molecule has 1 rings (SSSR count). The molecule has 0 bridgehead atoms. The zero-order valence-electron chi connectivity index (χ0n) is 11.4. The molecule has 0 aliphatic heterocycles. The number of nitrogens with zero attached hydrogens (tertiary/aromatic N) is 2. The number of aryl methyl sites for hydroxylation is 1. The van der Waals surface area contributed by atoms with Crippen LogP contribution in [0.3, 0.4) is 0 Å². The molecule has 0 spiro atoms. The molecule has 0 fully saturated rings. The third kappa shape index (κ3) is 3.87. The highest BCUT2D eigenvalue weighted by atomic mass is 16.5. The van der Waals surface area contributed by atoms with E-state index < -0.39 is 0 Å². The fourth-order valence-electron chi connectivity index (χ4n) is 1.63. The van der Waals surface area contributed by atoms with Gasteiger partial charge in [0.15, 0.2) is 0 Å². The standard InChI is InChI=1S/C13H19N3O3/c1-9-4-5-11(19-3)10(8-9)13(17)16(2)7-6-12(14)15-18/h4-5,8,18H,6-7H2,1-3H3,(H2,14,15). The van der Waals surface area contributed by atoms with E-state index in [1.165, 1.54) is 12.0 Å². The number of carbonyl (C=O) groups excluding carboxylic acids is 1. The molecule has 0 aromatic heterocycles. The van der Waals surface area contributed by atoms with E-state index in [0.717, 1.165) is 5.56 Å². The van der Waals surface area contributed by atoms with Crippen molar-refractivity contribution in [3.8, 4) is 5.75 Å². The fraction of sp³-hybridized carbons (Fsp3) is 0.385. The summed E-state index contributed by atoms with van der Waals surface area (Å²) in [4.78, 5) is 13.8. The van der Waals surface area contributed by atoms with Crippen molar-refractivity contribution in [2.75, 3.05) is 20.7 Å². The maximum Gasteiger partial charge on any atom is 0.257 e. The lowest BCUT2D eigenvalue weighted by Gasteiger charge is -2.18. The number of rotatable bonds is 5. The Labute approximate surface area is 112 Å². The second kappa shape index (κ2) is 6.63. The molecule has 0 atom stereocenters. The Morgan fingerprint density at radius 2 is 2.21 bits per heavy atom. The van der Waals surface area contributed by atoms with Crippen molar-refractivity contribution in [2.24, 2.45) is 10.9 Å². The van der Waals surface area contributed by atoms with Crippen LogP contribution >= 0.6 is 0 Å². The third-order valence-corrected chi connectivity index (χ3v) is 2.76. The van der Waals surface area contributed by atoms with Crippen LogP contribution in [0.15, 0.2) is 23.4 Å². The Hall–Kier alpha value is -2.24. The molecule has 0 heterocycles. The molecule has 1 amide bonds. The Morgan fingerprint density at radius 1 is 1.53 bits per heavy atom. The quantitative estimate of drug-likeness (QED) is 0.362. The van der Waals surface area contributed by atoms with E-state index in [-0.39, 0.29) is 11.7 Å². The summed E-state index contributed by atoms with van der Waals surface area (Å²) in [6, 6.07) is 5.42. The first kappa shape index (κ1) is 14.8. The monoisotopic (exact) mass is 265 g/mol. The topological polar surface area (TPSA) is 88.2 Å². The summed E-state index contributed by atoms with van der Waals surface area (Å²) in [5.74, 6) is 0.466. The van der Waals surface area contributed by atoms with Crippen LogP contribution in [0, 0.1) is 6.92 Å². The summed E-state index contributed by atoms with van der Waals surface area (Å²) in [7, 11) is 3.19. The average Bonchev–Trinajstić information content (AvgIpc) is 2.43. The van der Waals surface area contributed by atoms with E-state index in [4.69, 9.17) is 15.7 Å². The molecular weight excluding hydrogens is 246 g/mol. The number of hydrogen-bond acceptors (Lipinski definition) is 4. The van der Waals surface area contributed by atoms with Crippen LogP contribution in [0.2, 0.25) is 0 Å². The van der Waals surface area contributed by atoms with E-state index in [0.29, 0.717) is 24.3 Å². The van der Waals surface area contributed by atoms with Crippen LogP contribution in [0.5, 0.6) is 5.75 Å². The zero-order chi connectivity index (χ0) is 14.4. The van der Waals surface area contributed by atoms with Gasteiger partial charge in [-0.25, -0.2) is 0 Å². The molecule has 1 aromatic rings. The van der Waals surface area contributed by atoms with Gasteiger partial charge in [-0.15, -0.1) is 0 Å². The molecule has 6 nitrogen and oxygen atoms in total. The first-order valence-corrected chi connectivity index (χ1v) is 5.86. The first-order chi connectivity index (χ1) is 8.99. The second-order valence-corrected chi connectivity index (χ2v) is 4.27. The average molecular weight is 265 g/mol. The minimum Gasteiger partial charge on any atom is -0.496 e. The number of amides is 1. The largest absolute Gasteiger partial charge is 0.496 e. The van der Waals surface area contributed by atoms with Crippen LogP contribution in [0.25, 0.3) is 0 Å². The van der Waals surface area contributed by atoms with Gasteiger partial charge in [-0.1, -0.05) is 16.8 Å². The van der Waals surface area contributed by atoms with Crippen LogP contribution in [0.1, 0.15) is 22.3 Å². The van der Waals surface area contributed by atoms with Gasteiger partial charge in [0, 0.05) is 20.0 Å². The van der Waals surface area contributed by atoms with Gasteiger partial charge in [0.1, 0.15) is 11.6 Å². The maximum absolute atomic E-state index is 12.3. The second-order valence-electron chi connectivity index (χ2n) is 4.27. The van der Waals surface area contributed by atoms with Gasteiger partial charge in [0.25, 0.3) is 5.91 Å². The van der Waals surface area contributed by atoms with Crippen molar-refractivity contribution in [3.63, 3.8) is 0 Å². The molecule has 19 heavy (non-hydrogen) atoms. The normalized spacial score (nSPS) is 11.2. The van der Waals surface area contributed by atoms with Crippen molar-refractivity contribution in [3.05, 3.63) is 29.3 Å². The molecule has 0 aliphatic carbocycles. The Morgan fingerprint density at radius 3 is 2.79 bits per heavy atom. The van der Waals surface area contributed by atoms with Gasteiger partial charge in [-0.2, -0.15) is 0 Å². The van der Waals surface area contributed by atoms with Crippen molar-refractivity contribution >= 4 is 11.7 Å². The highest BCUT2D eigenvalue weighted by Gasteiger charge is 2.16.